The van der Waals surface area contributed by atoms with Gasteiger partial charge >= 0.3 is 5.97 Å². The first-order chi connectivity index (χ1) is 5.16. The highest BCUT2D eigenvalue weighted by atomic mass is 19.1. The highest BCUT2D eigenvalue weighted by molar-refractivity contribution is 5.86. The fourth-order valence-corrected chi connectivity index (χ4v) is 0.935. The van der Waals surface area contributed by atoms with E-state index in [1.54, 1.807) is 6.92 Å². The van der Waals surface area contributed by atoms with Crippen LogP contribution in [0.5, 0.6) is 0 Å². The Balaban J connectivity index is 3.17. The average Bonchev–Trinajstić information content (AvgIpc) is 2.30. The van der Waals surface area contributed by atoms with Gasteiger partial charge in [-0.1, -0.05) is 0 Å². The van der Waals surface area contributed by atoms with Crippen LogP contribution in [0, 0.1) is 5.82 Å². The summed E-state index contributed by atoms with van der Waals surface area (Å²) in [7, 11) is 0. The second-order valence-corrected chi connectivity index (χ2v) is 2.10. The fourth-order valence-electron chi connectivity index (χ4n) is 0.935. The summed E-state index contributed by atoms with van der Waals surface area (Å²) >= 11 is 0. The third-order valence-corrected chi connectivity index (χ3v) is 1.46. The van der Waals surface area contributed by atoms with Crippen molar-refractivity contribution in [1.29, 1.82) is 0 Å². The molecule has 1 aromatic rings. The smallest absolute Gasteiger partial charge is 0.355 e. The summed E-state index contributed by atoms with van der Waals surface area (Å²) in [5.74, 6) is -1.91. The molecule has 3 nitrogen and oxygen atoms in total. The largest absolute Gasteiger partial charge is 0.476 e. The number of hydrogen-bond donors (Lipinski definition) is 1. The molecule has 1 heterocycles. The van der Waals surface area contributed by atoms with Gasteiger partial charge in [-0.3, -0.25) is 0 Å². The lowest BCUT2D eigenvalue weighted by Gasteiger charge is -1.99. The number of carbonyl (C=O) groups is 1. The van der Waals surface area contributed by atoms with Gasteiger partial charge < -0.3 is 9.67 Å². The highest BCUT2D eigenvalue weighted by Crippen LogP contribution is 2.08. The van der Waals surface area contributed by atoms with Crippen molar-refractivity contribution in [2.24, 2.45) is 0 Å². The number of aromatic nitrogens is 1. The summed E-state index contributed by atoms with van der Waals surface area (Å²) in [6.45, 7) is 2.22. The molecule has 0 aliphatic carbocycles. The van der Waals surface area contributed by atoms with E-state index in [1.807, 2.05) is 0 Å². The minimum Gasteiger partial charge on any atom is -0.476 e. The van der Waals surface area contributed by atoms with E-state index in [0.29, 0.717) is 6.54 Å². The van der Waals surface area contributed by atoms with Crippen molar-refractivity contribution in [3.63, 3.8) is 0 Å². The molecule has 0 fully saturated rings. The number of nitrogens with zero attached hydrogens (tertiary/aromatic N) is 1. The Kier molecular flexibility index (Phi) is 1.94. The monoisotopic (exact) mass is 157 g/mol. The molecule has 0 unspecified atom stereocenters. The molecule has 4 heteroatoms. The quantitative estimate of drug-likeness (QED) is 0.703. The average molecular weight is 157 g/mol. The van der Waals surface area contributed by atoms with E-state index in [-0.39, 0.29) is 5.69 Å². The number of carboxylic acids is 1. The van der Waals surface area contributed by atoms with Crippen molar-refractivity contribution in [2.75, 3.05) is 0 Å². The summed E-state index contributed by atoms with van der Waals surface area (Å²) in [5.41, 5.74) is -0.271. The second-order valence-electron chi connectivity index (χ2n) is 2.10. The van der Waals surface area contributed by atoms with Gasteiger partial charge in [-0.2, -0.15) is 0 Å². The zero-order valence-electron chi connectivity index (χ0n) is 6.04. The number of hydrogen-bond acceptors (Lipinski definition) is 1. The molecular weight excluding hydrogens is 149 g/mol. The maximum absolute atomic E-state index is 12.6. The second kappa shape index (κ2) is 2.74. The van der Waals surface area contributed by atoms with Crippen LogP contribution in [0.2, 0.25) is 0 Å². The Morgan fingerprint density at radius 2 is 2.45 bits per heavy atom. The lowest BCUT2D eigenvalue weighted by molar-refractivity contribution is 0.0680. The van der Waals surface area contributed by atoms with E-state index < -0.39 is 11.8 Å². The Morgan fingerprint density at radius 1 is 1.82 bits per heavy atom. The highest BCUT2D eigenvalue weighted by Gasteiger charge is 2.14. The molecule has 0 atom stereocenters. The zero-order chi connectivity index (χ0) is 8.43. The van der Waals surface area contributed by atoms with Crippen molar-refractivity contribution in [3.8, 4) is 0 Å². The first kappa shape index (κ1) is 7.78. The van der Waals surface area contributed by atoms with E-state index in [4.69, 9.17) is 5.11 Å². The van der Waals surface area contributed by atoms with Crippen LogP contribution < -0.4 is 0 Å². The Bertz CT molecular complexity index is 280. The van der Waals surface area contributed by atoms with Gasteiger partial charge in [0.15, 0.2) is 11.5 Å². The minimum atomic E-state index is -1.23. The number of carboxylic acid groups (broad SMARTS) is 1. The number of halogens is 1. The molecule has 0 amide bonds. The van der Waals surface area contributed by atoms with Crippen LogP contribution >= 0.6 is 0 Å². The SMILES string of the molecule is CCn1ccc(F)c1C(=O)O. The number of aromatic carboxylic acids is 1. The summed E-state index contributed by atoms with van der Waals surface area (Å²) in [5, 5.41) is 8.51. The van der Waals surface area contributed by atoms with Gasteiger partial charge in [0.1, 0.15) is 0 Å². The van der Waals surface area contributed by atoms with Gasteiger partial charge in [-0.15, -0.1) is 0 Å². The van der Waals surface area contributed by atoms with Crippen molar-refractivity contribution >= 4 is 5.97 Å². The van der Waals surface area contributed by atoms with Gasteiger partial charge in [-0.25, -0.2) is 9.18 Å². The lowest BCUT2D eigenvalue weighted by atomic mass is 10.4. The summed E-state index contributed by atoms with van der Waals surface area (Å²) in [6, 6.07) is 1.15. The van der Waals surface area contributed by atoms with E-state index in [9.17, 15) is 9.18 Å². The fraction of sp³-hybridized carbons (Fsp3) is 0.286. The molecule has 0 aliphatic rings. The Labute approximate surface area is 63.1 Å². The third-order valence-electron chi connectivity index (χ3n) is 1.46. The topological polar surface area (TPSA) is 42.2 Å². The molecule has 1 rings (SSSR count). The number of aryl methyl sites for hydroxylation is 1. The molecule has 11 heavy (non-hydrogen) atoms. The van der Waals surface area contributed by atoms with Crippen LogP contribution in [0.1, 0.15) is 17.4 Å². The normalized spacial score (nSPS) is 10.0. The van der Waals surface area contributed by atoms with Crippen LogP contribution in [-0.2, 0) is 6.54 Å². The first-order valence-electron chi connectivity index (χ1n) is 3.24. The predicted octanol–water partition coefficient (Wildman–Crippen LogP) is 1.35. The van der Waals surface area contributed by atoms with Crippen LogP contribution in [0.25, 0.3) is 0 Å². The molecule has 0 saturated heterocycles. The first-order valence-corrected chi connectivity index (χ1v) is 3.24. The van der Waals surface area contributed by atoms with E-state index >= 15 is 0 Å². The summed E-state index contributed by atoms with van der Waals surface area (Å²) in [4.78, 5) is 10.4. The van der Waals surface area contributed by atoms with Crippen LogP contribution in [0.15, 0.2) is 12.3 Å². The van der Waals surface area contributed by atoms with Crippen molar-refractivity contribution in [3.05, 3.63) is 23.8 Å². The maximum atomic E-state index is 12.6. The Morgan fingerprint density at radius 3 is 2.82 bits per heavy atom. The van der Waals surface area contributed by atoms with E-state index in [0.717, 1.165) is 6.07 Å². The van der Waals surface area contributed by atoms with Crippen molar-refractivity contribution < 1.29 is 14.3 Å². The molecular formula is C7H8FNO2. The van der Waals surface area contributed by atoms with Crippen LogP contribution in [-0.4, -0.2) is 15.6 Å². The maximum Gasteiger partial charge on any atom is 0.355 e. The van der Waals surface area contributed by atoms with Gasteiger partial charge in [0.2, 0.25) is 0 Å². The molecule has 60 valence electrons. The summed E-state index contributed by atoms with van der Waals surface area (Å²) < 4.78 is 14.0. The van der Waals surface area contributed by atoms with Crippen LogP contribution in [0.4, 0.5) is 4.39 Å². The van der Waals surface area contributed by atoms with Gasteiger partial charge in [-0.05, 0) is 13.0 Å². The number of rotatable bonds is 2. The van der Waals surface area contributed by atoms with Crippen LogP contribution in [0.3, 0.4) is 0 Å². The molecule has 0 spiro atoms. The molecule has 1 N–H and O–H groups in total. The third kappa shape index (κ3) is 1.24. The van der Waals surface area contributed by atoms with Crippen molar-refractivity contribution in [2.45, 2.75) is 13.5 Å². The molecule has 1 aromatic heterocycles. The lowest BCUT2D eigenvalue weighted by Crippen LogP contribution is -2.07. The molecule has 0 radical (unpaired) electrons. The minimum absolute atomic E-state index is 0.271. The van der Waals surface area contributed by atoms with Gasteiger partial charge in [0.05, 0.1) is 0 Å². The predicted molar refractivity (Wildman–Crippen MR) is 37.0 cm³/mol. The standard InChI is InChI=1S/C7H8FNO2/c1-2-9-4-3-5(8)6(9)7(10)11/h3-4H,2H2,1H3,(H,10,11). The molecule has 0 aliphatic heterocycles. The molecule has 0 bridgehead atoms. The Hall–Kier alpha value is -1.32. The van der Waals surface area contributed by atoms with Gasteiger partial charge in [0.25, 0.3) is 0 Å². The van der Waals surface area contributed by atoms with E-state index in [1.165, 1.54) is 10.8 Å². The molecule has 0 saturated carbocycles. The molecule has 0 aromatic carbocycles. The summed E-state index contributed by atoms with van der Waals surface area (Å²) in [6.07, 6.45) is 1.42. The van der Waals surface area contributed by atoms with Gasteiger partial charge in [0, 0.05) is 12.7 Å². The van der Waals surface area contributed by atoms with E-state index in [2.05, 4.69) is 0 Å². The van der Waals surface area contributed by atoms with Crippen molar-refractivity contribution in [1.82, 2.24) is 4.57 Å². The zero-order valence-corrected chi connectivity index (χ0v) is 6.04.